The van der Waals surface area contributed by atoms with E-state index in [0.29, 0.717) is 28.1 Å². The van der Waals surface area contributed by atoms with Gasteiger partial charge in [0, 0.05) is 42.7 Å². The van der Waals surface area contributed by atoms with Crippen molar-refractivity contribution >= 4 is 68.9 Å². The first kappa shape index (κ1) is 22.9. The Bertz CT molecular complexity index is 1260. The first-order chi connectivity index (χ1) is 14.5. The second-order valence-electron chi connectivity index (χ2n) is 6.19. The summed E-state index contributed by atoms with van der Waals surface area (Å²) in [5.41, 5.74) is 2.02. The van der Waals surface area contributed by atoms with Crippen LogP contribution in [0.2, 0.25) is 0 Å². The van der Waals surface area contributed by atoms with Gasteiger partial charge in [0.15, 0.2) is 10.9 Å². The molecule has 3 N–H and O–H groups in total. The van der Waals surface area contributed by atoms with E-state index in [2.05, 4.69) is 20.6 Å². The molecule has 0 atom stereocenters. The van der Waals surface area contributed by atoms with Crippen molar-refractivity contribution in [3.05, 3.63) is 52.6 Å². The van der Waals surface area contributed by atoms with Gasteiger partial charge in [0.05, 0.1) is 10.4 Å². The van der Waals surface area contributed by atoms with E-state index >= 15 is 4.39 Å². The molecule has 0 saturated carbocycles. The Hall–Kier alpha value is -2.77. The van der Waals surface area contributed by atoms with Crippen molar-refractivity contribution < 1.29 is 19.1 Å². The predicted octanol–water partition coefficient (Wildman–Crippen LogP) is 4.68. The van der Waals surface area contributed by atoms with Gasteiger partial charge in [-0.15, -0.1) is 11.3 Å². The molecule has 11 heteroatoms. The number of nitrogens with zero attached hydrogens (tertiary/aromatic N) is 2. The summed E-state index contributed by atoms with van der Waals surface area (Å²) in [6.45, 7) is 2.23. The van der Waals surface area contributed by atoms with Crippen LogP contribution < -0.4 is 10.6 Å². The van der Waals surface area contributed by atoms with Crippen molar-refractivity contribution in [3.63, 3.8) is 0 Å². The van der Waals surface area contributed by atoms with E-state index in [1.54, 1.807) is 36.7 Å². The van der Waals surface area contributed by atoms with Crippen LogP contribution in [0.1, 0.15) is 16.6 Å². The van der Waals surface area contributed by atoms with E-state index in [9.17, 15) is 14.7 Å². The van der Waals surface area contributed by atoms with Gasteiger partial charge < -0.3 is 10.4 Å². The molecule has 0 bridgehead atoms. The van der Waals surface area contributed by atoms with E-state index < -0.39 is 17.8 Å². The van der Waals surface area contributed by atoms with Gasteiger partial charge in [-0.2, -0.15) is 0 Å². The number of aromatic carboxylic acids is 1. The maximum Gasteiger partial charge on any atom is 0.345 e. The summed E-state index contributed by atoms with van der Waals surface area (Å²) < 4.78 is 15.9. The first-order valence-corrected chi connectivity index (χ1v) is 10.6. The fraction of sp³-hybridized carbons (Fsp3) is 0.100. The van der Waals surface area contributed by atoms with Gasteiger partial charge in [-0.25, -0.2) is 19.0 Å². The van der Waals surface area contributed by atoms with Crippen LogP contribution in [0.4, 0.5) is 14.3 Å². The first-order valence-electron chi connectivity index (χ1n) is 8.89. The van der Waals surface area contributed by atoms with Gasteiger partial charge in [0.1, 0.15) is 10.4 Å². The molecular weight excluding hydrogens is 434 g/mol. The number of hydrogen-bond acceptors (Lipinski definition) is 6. The van der Waals surface area contributed by atoms with Crippen molar-refractivity contribution in [2.45, 2.75) is 6.92 Å². The van der Waals surface area contributed by atoms with Crippen LogP contribution in [0.15, 0.2) is 41.9 Å². The molecule has 0 aliphatic rings. The van der Waals surface area contributed by atoms with Crippen LogP contribution in [0.5, 0.6) is 0 Å². The zero-order valence-electron chi connectivity index (χ0n) is 16.6. The van der Waals surface area contributed by atoms with Crippen LogP contribution in [0.25, 0.3) is 32.6 Å². The number of carbonyl (C=O) groups is 2. The monoisotopic (exact) mass is 449 g/mol. The molecule has 0 spiro atoms. The summed E-state index contributed by atoms with van der Waals surface area (Å²) in [5, 5.41) is 16.3. The number of nitrogens with one attached hydrogen (secondary N) is 2. The van der Waals surface area contributed by atoms with E-state index in [1.165, 1.54) is 6.07 Å². The fourth-order valence-electron chi connectivity index (χ4n) is 2.92. The van der Waals surface area contributed by atoms with Crippen molar-refractivity contribution in [1.82, 2.24) is 15.3 Å². The van der Waals surface area contributed by atoms with E-state index in [0.717, 1.165) is 22.7 Å². The molecule has 0 fully saturated rings. The zero-order valence-corrected chi connectivity index (χ0v) is 18.2. The summed E-state index contributed by atoms with van der Waals surface area (Å²) in [5.74, 6) is -1.65. The number of aromatic nitrogens is 2. The van der Waals surface area contributed by atoms with Crippen molar-refractivity contribution in [3.8, 4) is 22.4 Å². The SMILES string of the molecule is CCNC(=O)Nc1nc2c(F)c(-c3csc(C(=O)O)c3)cc(-c3ccccn3)c2s1.[Li]. The number of carbonyl (C=O) groups excluding carboxylic acids is 1. The molecule has 7 nitrogen and oxygen atoms in total. The standard InChI is InChI=1S/C20H15FN4O3S2.Li/c1-2-22-19(28)25-20-24-16-15(21)11(10-7-14(18(26)27)29-9-10)8-12(17(16)30-20)13-5-3-4-6-23-13;/h3-9H,2H2,1H3,(H,26,27)(H2,22,24,25,28);. The number of amides is 2. The Balaban J connectivity index is 0.00000272. The molecule has 0 aliphatic carbocycles. The van der Waals surface area contributed by atoms with E-state index in [4.69, 9.17) is 0 Å². The number of thiophene rings is 1. The molecule has 3 aromatic heterocycles. The number of thiazole rings is 1. The average molecular weight is 449 g/mol. The third kappa shape index (κ3) is 4.62. The number of rotatable bonds is 5. The topological polar surface area (TPSA) is 104 Å². The molecule has 153 valence electrons. The Morgan fingerprint density at radius 3 is 2.68 bits per heavy atom. The minimum Gasteiger partial charge on any atom is -0.477 e. The molecule has 0 aliphatic heterocycles. The van der Waals surface area contributed by atoms with E-state index in [1.807, 2.05) is 6.07 Å². The summed E-state index contributed by atoms with van der Waals surface area (Å²) in [7, 11) is 0. The quantitative estimate of drug-likeness (QED) is 0.384. The molecule has 31 heavy (non-hydrogen) atoms. The molecule has 1 aromatic carbocycles. The van der Waals surface area contributed by atoms with Gasteiger partial charge in [0.25, 0.3) is 0 Å². The molecule has 2 amide bonds. The Labute approximate surface area is 196 Å². The van der Waals surface area contributed by atoms with Crippen molar-refractivity contribution in [2.24, 2.45) is 0 Å². The Morgan fingerprint density at radius 2 is 2.03 bits per heavy atom. The molecule has 4 aromatic rings. The molecule has 3 heterocycles. The number of hydrogen-bond donors (Lipinski definition) is 3. The maximum absolute atomic E-state index is 15.4. The Kier molecular flexibility index (Phi) is 7.07. The number of carboxylic acid groups (broad SMARTS) is 1. The number of benzene rings is 1. The molecular formula is C20H15FLiN4O3S2. The normalized spacial score (nSPS) is 10.5. The van der Waals surface area contributed by atoms with Gasteiger partial charge in [0.2, 0.25) is 0 Å². The summed E-state index contributed by atoms with van der Waals surface area (Å²) >= 11 is 2.17. The minimum absolute atomic E-state index is 0. The third-order valence-electron chi connectivity index (χ3n) is 4.22. The number of fused-ring (bicyclic) bond motifs is 1. The third-order valence-corrected chi connectivity index (χ3v) is 6.15. The molecule has 4 rings (SSSR count). The van der Waals surface area contributed by atoms with Crippen LogP contribution in [-0.2, 0) is 0 Å². The summed E-state index contributed by atoms with van der Waals surface area (Å²) in [4.78, 5) is 31.9. The zero-order chi connectivity index (χ0) is 21.3. The smallest absolute Gasteiger partial charge is 0.345 e. The maximum atomic E-state index is 15.4. The van der Waals surface area contributed by atoms with Crippen molar-refractivity contribution in [2.75, 3.05) is 11.9 Å². The van der Waals surface area contributed by atoms with Gasteiger partial charge in [-0.1, -0.05) is 17.4 Å². The summed E-state index contributed by atoms with van der Waals surface area (Å²) in [6, 6.07) is 8.03. The average Bonchev–Trinajstić information content (AvgIpc) is 3.37. The summed E-state index contributed by atoms with van der Waals surface area (Å²) in [6.07, 6.45) is 1.63. The van der Waals surface area contributed by atoms with Crippen LogP contribution in [0.3, 0.4) is 0 Å². The minimum atomic E-state index is -1.07. The number of urea groups is 1. The van der Waals surface area contributed by atoms with Gasteiger partial charge in [-0.3, -0.25) is 10.3 Å². The Morgan fingerprint density at radius 1 is 1.23 bits per heavy atom. The second-order valence-corrected chi connectivity index (χ2v) is 8.10. The molecule has 1 radical (unpaired) electrons. The number of anilines is 1. The number of pyridine rings is 1. The van der Waals surface area contributed by atoms with Crippen LogP contribution in [0, 0.1) is 5.82 Å². The largest absolute Gasteiger partial charge is 0.477 e. The van der Waals surface area contributed by atoms with Gasteiger partial charge >= 0.3 is 12.0 Å². The van der Waals surface area contributed by atoms with Crippen molar-refractivity contribution in [1.29, 1.82) is 0 Å². The molecule has 0 saturated heterocycles. The van der Waals surface area contributed by atoms with Crippen LogP contribution >= 0.6 is 22.7 Å². The van der Waals surface area contributed by atoms with E-state index in [-0.39, 0.29) is 39.9 Å². The van der Waals surface area contributed by atoms with Gasteiger partial charge in [-0.05, 0) is 42.1 Å². The fourth-order valence-corrected chi connectivity index (χ4v) is 4.64. The number of halogens is 1. The second kappa shape index (κ2) is 9.57. The van der Waals surface area contributed by atoms with Crippen LogP contribution in [-0.4, -0.2) is 52.5 Å². The predicted molar refractivity (Wildman–Crippen MR) is 122 cm³/mol. The molecule has 0 unspecified atom stereocenters. The number of carboxylic acids is 1.